The Bertz CT molecular complexity index is 711. The summed E-state index contributed by atoms with van der Waals surface area (Å²) in [6.07, 6.45) is 2.70. The van der Waals surface area contributed by atoms with E-state index >= 15 is 0 Å². The number of aryl methyl sites for hydroxylation is 1. The van der Waals surface area contributed by atoms with Crippen LogP contribution in [0, 0.1) is 0 Å². The first-order chi connectivity index (χ1) is 14.2. The summed E-state index contributed by atoms with van der Waals surface area (Å²) in [5.41, 5.74) is 2.37. The van der Waals surface area contributed by atoms with Crippen LogP contribution in [0.1, 0.15) is 18.4 Å². The van der Waals surface area contributed by atoms with Crippen molar-refractivity contribution < 1.29 is 9.59 Å². The molecule has 2 fully saturated rings. The van der Waals surface area contributed by atoms with Crippen LogP contribution >= 0.6 is 0 Å². The molecule has 0 unspecified atom stereocenters. The Morgan fingerprint density at radius 1 is 0.862 bits per heavy atom. The van der Waals surface area contributed by atoms with Crippen molar-refractivity contribution in [3.63, 3.8) is 0 Å². The SMILES string of the molecule is O=C(CCN1CCN(CC(=O)N2CCCc3ccccc32)CC1)N1CCNCC1. The van der Waals surface area contributed by atoms with Crippen LogP contribution in [-0.2, 0) is 16.0 Å². The van der Waals surface area contributed by atoms with E-state index in [-0.39, 0.29) is 11.8 Å². The summed E-state index contributed by atoms with van der Waals surface area (Å²) < 4.78 is 0. The molecule has 0 atom stereocenters. The highest BCUT2D eigenvalue weighted by molar-refractivity contribution is 5.96. The van der Waals surface area contributed by atoms with Gasteiger partial charge in [-0.1, -0.05) is 18.2 Å². The molecule has 7 nitrogen and oxygen atoms in total. The summed E-state index contributed by atoms with van der Waals surface area (Å²) in [5, 5.41) is 3.28. The Kier molecular flexibility index (Phi) is 6.79. The molecule has 0 radical (unpaired) electrons. The van der Waals surface area contributed by atoms with Gasteiger partial charge in [0, 0.05) is 77.6 Å². The van der Waals surface area contributed by atoms with Crippen LogP contribution in [0.2, 0.25) is 0 Å². The van der Waals surface area contributed by atoms with Crippen molar-refractivity contribution in [1.82, 2.24) is 20.0 Å². The first kappa shape index (κ1) is 20.3. The van der Waals surface area contributed by atoms with E-state index in [4.69, 9.17) is 0 Å². The number of carbonyl (C=O) groups excluding carboxylic acids is 2. The number of hydrogen-bond donors (Lipinski definition) is 1. The number of anilines is 1. The zero-order chi connectivity index (χ0) is 20.1. The molecule has 29 heavy (non-hydrogen) atoms. The number of piperazine rings is 2. The number of carbonyl (C=O) groups is 2. The van der Waals surface area contributed by atoms with E-state index in [1.807, 2.05) is 15.9 Å². The van der Waals surface area contributed by atoms with Crippen LogP contribution in [-0.4, -0.2) is 98.5 Å². The highest BCUT2D eigenvalue weighted by atomic mass is 16.2. The lowest BCUT2D eigenvalue weighted by molar-refractivity contribution is -0.132. The molecule has 0 aliphatic carbocycles. The molecule has 2 amide bonds. The van der Waals surface area contributed by atoms with Crippen molar-refractivity contribution in [2.75, 3.05) is 76.9 Å². The Balaban J connectivity index is 1.20. The summed E-state index contributed by atoms with van der Waals surface area (Å²) >= 11 is 0. The van der Waals surface area contributed by atoms with E-state index in [9.17, 15) is 9.59 Å². The molecular weight excluding hydrogens is 366 g/mol. The molecule has 7 heteroatoms. The summed E-state index contributed by atoms with van der Waals surface area (Å²) in [5.74, 6) is 0.479. The predicted molar refractivity (Wildman–Crippen MR) is 114 cm³/mol. The minimum absolute atomic E-state index is 0.208. The Morgan fingerprint density at radius 2 is 1.59 bits per heavy atom. The van der Waals surface area contributed by atoms with Gasteiger partial charge in [0.25, 0.3) is 0 Å². The summed E-state index contributed by atoms with van der Waals surface area (Å²) in [6.45, 7) is 9.24. The van der Waals surface area contributed by atoms with Crippen molar-refractivity contribution in [3.05, 3.63) is 29.8 Å². The molecular formula is C22H33N5O2. The molecule has 0 saturated carbocycles. The monoisotopic (exact) mass is 399 g/mol. The van der Waals surface area contributed by atoms with E-state index in [0.29, 0.717) is 13.0 Å². The van der Waals surface area contributed by atoms with Crippen LogP contribution in [0.25, 0.3) is 0 Å². The zero-order valence-electron chi connectivity index (χ0n) is 17.3. The molecule has 0 bridgehead atoms. The Hall–Kier alpha value is -1.96. The number of rotatable bonds is 5. The molecule has 3 heterocycles. The lowest BCUT2D eigenvalue weighted by atomic mass is 10.0. The molecule has 2 saturated heterocycles. The van der Waals surface area contributed by atoms with E-state index in [0.717, 1.165) is 84.0 Å². The minimum Gasteiger partial charge on any atom is -0.340 e. The molecule has 3 aliphatic rings. The molecule has 1 N–H and O–H groups in total. The maximum atomic E-state index is 12.9. The molecule has 1 aromatic rings. The van der Waals surface area contributed by atoms with E-state index in [2.05, 4.69) is 33.3 Å². The second kappa shape index (κ2) is 9.69. The van der Waals surface area contributed by atoms with Crippen molar-refractivity contribution in [2.45, 2.75) is 19.3 Å². The molecule has 158 valence electrons. The molecule has 0 aromatic heterocycles. The number of nitrogens with one attached hydrogen (secondary N) is 1. The average Bonchev–Trinajstić information content (AvgIpc) is 2.78. The largest absolute Gasteiger partial charge is 0.340 e. The van der Waals surface area contributed by atoms with Crippen molar-refractivity contribution in [1.29, 1.82) is 0 Å². The summed E-state index contributed by atoms with van der Waals surface area (Å²) in [4.78, 5) is 33.8. The van der Waals surface area contributed by atoms with E-state index < -0.39 is 0 Å². The van der Waals surface area contributed by atoms with Gasteiger partial charge in [-0.05, 0) is 24.5 Å². The molecule has 1 aromatic carbocycles. The third kappa shape index (κ3) is 5.15. The fourth-order valence-corrected chi connectivity index (χ4v) is 4.57. The lowest BCUT2D eigenvalue weighted by Gasteiger charge is -2.36. The van der Waals surface area contributed by atoms with Gasteiger partial charge in [-0.25, -0.2) is 0 Å². The van der Waals surface area contributed by atoms with Crippen LogP contribution in [0.5, 0.6) is 0 Å². The number of hydrogen-bond acceptors (Lipinski definition) is 5. The molecule has 3 aliphatic heterocycles. The first-order valence-corrected chi connectivity index (χ1v) is 11.0. The van der Waals surface area contributed by atoms with Crippen LogP contribution < -0.4 is 10.2 Å². The quantitative estimate of drug-likeness (QED) is 0.777. The predicted octanol–water partition coefficient (Wildman–Crippen LogP) is 0.405. The fourth-order valence-electron chi connectivity index (χ4n) is 4.57. The second-order valence-electron chi connectivity index (χ2n) is 8.28. The maximum absolute atomic E-state index is 12.9. The van der Waals surface area contributed by atoms with Crippen LogP contribution in [0.4, 0.5) is 5.69 Å². The average molecular weight is 400 g/mol. The van der Waals surface area contributed by atoms with Gasteiger partial charge in [-0.3, -0.25) is 14.5 Å². The zero-order valence-corrected chi connectivity index (χ0v) is 17.3. The molecule has 0 spiro atoms. The van der Waals surface area contributed by atoms with Gasteiger partial charge in [0.2, 0.25) is 11.8 Å². The minimum atomic E-state index is 0.208. The maximum Gasteiger partial charge on any atom is 0.241 e. The lowest BCUT2D eigenvalue weighted by Crippen LogP contribution is -2.51. The number of nitrogens with zero attached hydrogens (tertiary/aromatic N) is 4. The highest BCUT2D eigenvalue weighted by Gasteiger charge is 2.26. The number of benzene rings is 1. The van der Waals surface area contributed by atoms with Gasteiger partial charge in [-0.15, -0.1) is 0 Å². The van der Waals surface area contributed by atoms with Crippen molar-refractivity contribution in [3.8, 4) is 0 Å². The number of fused-ring (bicyclic) bond motifs is 1. The van der Waals surface area contributed by atoms with Gasteiger partial charge in [0.05, 0.1) is 6.54 Å². The standard InChI is InChI=1S/C22H33N5O2/c28-21(26-12-8-23-9-13-26)7-11-24-14-16-25(17-15-24)18-22(29)27-10-3-5-19-4-1-2-6-20(19)27/h1-2,4,6,23H,3,5,7-18H2. The van der Waals surface area contributed by atoms with Gasteiger partial charge >= 0.3 is 0 Å². The smallest absolute Gasteiger partial charge is 0.241 e. The summed E-state index contributed by atoms with van der Waals surface area (Å²) in [6, 6.07) is 8.28. The number of para-hydroxylation sites is 1. The van der Waals surface area contributed by atoms with Gasteiger partial charge in [0.15, 0.2) is 0 Å². The second-order valence-corrected chi connectivity index (χ2v) is 8.28. The fraction of sp³-hybridized carbons (Fsp3) is 0.636. The third-order valence-corrected chi connectivity index (χ3v) is 6.35. The molecule has 4 rings (SSSR count). The van der Waals surface area contributed by atoms with Crippen molar-refractivity contribution >= 4 is 17.5 Å². The third-order valence-electron chi connectivity index (χ3n) is 6.35. The van der Waals surface area contributed by atoms with E-state index in [1.165, 1.54) is 5.56 Å². The van der Waals surface area contributed by atoms with E-state index in [1.54, 1.807) is 0 Å². The number of amides is 2. The van der Waals surface area contributed by atoms with Gasteiger partial charge < -0.3 is 20.0 Å². The summed E-state index contributed by atoms with van der Waals surface area (Å²) in [7, 11) is 0. The highest BCUT2D eigenvalue weighted by Crippen LogP contribution is 2.26. The Morgan fingerprint density at radius 3 is 2.38 bits per heavy atom. The first-order valence-electron chi connectivity index (χ1n) is 11.0. The topological polar surface area (TPSA) is 59.1 Å². The Labute approximate surface area is 173 Å². The van der Waals surface area contributed by atoms with Crippen LogP contribution in [0.3, 0.4) is 0 Å². The normalized spacial score (nSPS) is 21.1. The van der Waals surface area contributed by atoms with Gasteiger partial charge in [0.1, 0.15) is 0 Å². The van der Waals surface area contributed by atoms with Crippen LogP contribution in [0.15, 0.2) is 24.3 Å². The van der Waals surface area contributed by atoms with Gasteiger partial charge in [-0.2, -0.15) is 0 Å². The van der Waals surface area contributed by atoms with Crippen molar-refractivity contribution in [2.24, 2.45) is 0 Å².